The van der Waals surface area contributed by atoms with Crippen molar-refractivity contribution in [1.82, 2.24) is 25.3 Å². The molecule has 2 N–H and O–H groups in total. The van der Waals surface area contributed by atoms with E-state index in [0.717, 1.165) is 41.7 Å². The lowest BCUT2D eigenvalue weighted by Crippen LogP contribution is -2.52. The zero-order chi connectivity index (χ0) is 21.9. The number of benzene rings is 2. The molecule has 2 aliphatic rings. The molecule has 1 aromatic heterocycles. The van der Waals surface area contributed by atoms with E-state index in [0.29, 0.717) is 31.7 Å². The lowest BCUT2D eigenvalue weighted by molar-refractivity contribution is -0.136. The van der Waals surface area contributed by atoms with Crippen molar-refractivity contribution in [2.75, 3.05) is 39.3 Å². The number of H-pyrrole nitrogens is 1. The van der Waals surface area contributed by atoms with E-state index in [1.807, 2.05) is 70.5 Å². The Labute approximate surface area is 187 Å². The van der Waals surface area contributed by atoms with Gasteiger partial charge in [-0.2, -0.15) is 5.10 Å². The third kappa shape index (κ3) is 4.16. The van der Waals surface area contributed by atoms with Crippen molar-refractivity contribution in [3.8, 4) is 0 Å². The number of carbonyl (C=O) groups is 2. The molecule has 7 heteroatoms. The van der Waals surface area contributed by atoms with E-state index in [1.54, 1.807) is 0 Å². The van der Waals surface area contributed by atoms with Crippen LogP contribution in [0.1, 0.15) is 28.0 Å². The van der Waals surface area contributed by atoms with Gasteiger partial charge in [0.15, 0.2) is 0 Å². The van der Waals surface area contributed by atoms with Crippen molar-refractivity contribution in [2.45, 2.75) is 6.42 Å². The molecular formula is C25H27N5O2. The summed E-state index contributed by atoms with van der Waals surface area (Å²) in [4.78, 5) is 29.2. The summed E-state index contributed by atoms with van der Waals surface area (Å²) in [6.45, 7) is 4.07. The number of rotatable bonds is 4. The molecule has 0 unspecified atom stereocenters. The zero-order valence-electron chi connectivity index (χ0n) is 18.0. The van der Waals surface area contributed by atoms with E-state index in [4.69, 9.17) is 0 Å². The fourth-order valence-electron chi connectivity index (χ4n) is 4.46. The number of para-hydroxylation sites is 1. The Morgan fingerprint density at radius 1 is 0.938 bits per heavy atom. The van der Waals surface area contributed by atoms with E-state index < -0.39 is 0 Å². The molecule has 2 fully saturated rings. The van der Waals surface area contributed by atoms with Crippen molar-refractivity contribution >= 4 is 34.9 Å². The largest absolute Gasteiger partial charge is 0.339 e. The van der Waals surface area contributed by atoms with Crippen LogP contribution in [0.5, 0.6) is 0 Å². The van der Waals surface area contributed by atoms with Crippen LogP contribution >= 0.6 is 0 Å². The first-order chi connectivity index (χ1) is 15.7. The lowest BCUT2D eigenvalue weighted by Gasteiger charge is -2.36. The summed E-state index contributed by atoms with van der Waals surface area (Å²) >= 11 is 0. The van der Waals surface area contributed by atoms with Crippen LogP contribution < -0.4 is 5.32 Å². The SMILES string of the molecule is O=C(c1ccc(/C=C/c2n[nH]c3ccccc23)cc1)N1CCN(C(=O)[C@H]2CCNC2)CC1. The van der Waals surface area contributed by atoms with E-state index in [9.17, 15) is 9.59 Å². The second-order valence-electron chi connectivity index (χ2n) is 8.42. The van der Waals surface area contributed by atoms with Gasteiger partial charge in [-0.1, -0.05) is 36.4 Å². The van der Waals surface area contributed by atoms with E-state index in [1.165, 1.54) is 0 Å². The zero-order valence-corrected chi connectivity index (χ0v) is 18.0. The number of hydrogen-bond acceptors (Lipinski definition) is 4. The first kappa shape index (κ1) is 20.5. The average molecular weight is 430 g/mol. The van der Waals surface area contributed by atoms with Crippen LogP contribution in [0.15, 0.2) is 48.5 Å². The maximum Gasteiger partial charge on any atom is 0.253 e. The summed E-state index contributed by atoms with van der Waals surface area (Å²) in [5.41, 5.74) is 3.58. The Balaban J connectivity index is 1.19. The number of aromatic nitrogens is 2. The van der Waals surface area contributed by atoms with Crippen molar-refractivity contribution < 1.29 is 9.59 Å². The first-order valence-electron chi connectivity index (χ1n) is 11.2. The molecule has 3 aromatic rings. The summed E-state index contributed by atoms with van der Waals surface area (Å²) in [7, 11) is 0. The van der Waals surface area contributed by atoms with E-state index >= 15 is 0 Å². The molecule has 0 radical (unpaired) electrons. The van der Waals surface area contributed by atoms with Gasteiger partial charge >= 0.3 is 0 Å². The highest BCUT2D eigenvalue weighted by molar-refractivity contribution is 5.95. The third-order valence-electron chi connectivity index (χ3n) is 6.38. The second-order valence-corrected chi connectivity index (χ2v) is 8.42. The van der Waals surface area contributed by atoms with Crippen LogP contribution in [0.4, 0.5) is 0 Å². The molecule has 5 rings (SSSR count). The second kappa shape index (κ2) is 8.96. The summed E-state index contributed by atoms with van der Waals surface area (Å²) in [6, 6.07) is 15.7. The van der Waals surface area contributed by atoms with Gasteiger partial charge in [0.1, 0.15) is 0 Å². The molecule has 0 aliphatic carbocycles. The number of nitrogens with one attached hydrogen (secondary N) is 2. The number of fused-ring (bicyclic) bond motifs is 1. The van der Waals surface area contributed by atoms with Gasteiger partial charge in [-0.05, 0) is 42.8 Å². The fraction of sp³-hybridized carbons (Fsp3) is 0.320. The Bertz CT molecular complexity index is 1140. The number of carbonyl (C=O) groups excluding carboxylic acids is 2. The predicted octanol–water partition coefficient (Wildman–Crippen LogP) is 2.63. The van der Waals surface area contributed by atoms with Crippen LogP contribution in [0.3, 0.4) is 0 Å². The van der Waals surface area contributed by atoms with Crippen molar-refractivity contribution in [1.29, 1.82) is 0 Å². The minimum absolute atomic E-state index is 0.0217. The number of piperazine rings is 1. The topological polar surface area (TPSA) is 81.3 Å². The first-order valence-corrected chi connectivity index (χ1v) is 11.2. The molecule has 0 bridgehead atoms. The van der Waals surface area contributed by atoms with Crippen LogP contribution in [-0.4, -0.2) is 71.1 Å². The molecule has 164 valence electrons. The van der Waals surface area contributed by atoms with Gasteiger partial charge in [-0.3, -0.25) is 14.7 Å². The Morgan fingerprint density at radius 2 is 1.69 bits per heavy atom. The molecule has 32 heavy (non-hydrogen) atoms. The molecular weight excluding hydrogens is 402 g/mol. The predicted molar refractivity (Wildman–Crippen MR) is 125 cm³/mol. The van der Waals surface area contributed by atoms with Crippen molar-refractivity contribution in [2.24, 2.45) is 5.92 Å². The summed E-state index contributed by atoms with van der Waals surface area (Å²) in [6.07, 6.45) is 4.89. The van der Waals surface area contributed by atoms with Gasteiger partial charge in [-0.25, -0.2) is 0 Å². The van der Waals surface area contributed by atoms with Gasteiger partial charge < -0.3 is 15.1 Å². The van der Waals surface area contributed by atoms with Gasteiger partial charge in [0, 0.05) is 43.7 Å². The Kier molecular flexibility index (Phi) is 5.73. The Hall–Kier alpha value is -3.45. The number of aromatic amines is 1. The molecule has 3 heterocycles. The molecule has 2 aliphatic heterocycles. The average Bonchev–Trinajstić information content (AvgIpc) is 3.53. The third-order valence-corrected chi connectivity index (χ3v) is 6.38. The lowest BCUT2D eigenvalue weighted by atomic mass is 10.1. The van der Waals surface area contributed by atoms with E-state index in [2.05, 4.69) is 15.5 Å². The van der Waals surface area contributed by atoms with Crippen molar-refractivity contribution in [3.05, 3.63) is 65.4 Å². The molecule has 2 saturated heterocycles. The number of amides is 2. The minimum atomic E-state index is 0.0217. The molecule has 0 spiro atoms. The van der Waals surface area contributed by atoms with Crippen LogP contribution in [-0.2, 0) is 4.79 Å². The molecule has 1 atom stereocenters. The number of hydrogen-bond donors (Lipinski definition) is 2. The van der Waals surface area contributed by atoms with Gasteiger partial charge in [-0.15, -0.1) is 0 Å². The molecule has 2 amide bonds. The van der Waals surface area contributed by atoms with Gasteiger partial charge in [0.25, 0.3) is 5.91 Å². The standard InChI is InChI=1S/C25H27N5O2/c31-24(29-13-15-30(16-14-29)25(32)20-11-12-26-17-20)19-8-5-18(6-9-19)7-10-23-21-3-1-2-4-22(21)27-28-23/h1-10,20,26H,11-17H2,(H,27,28)/b10-7+/t20-/m0/s1. The van der Waals surface area contributed by atoms with Crippen LogP contribution in [0.25, 0.3) is 23.1 Å². The molecule has 7 nitrogen and oxygen atoms in total. The minimum Gasteiger partial charge on any atom is -0.339 e. The maximum atomic E-state index is 12.9. The summed E-state index contributed by atoms with van der Waals surface area (Å²) in [5.74, 6) is 0.341. The van der Waals surface area contributed by atoms with Gasteiger partial charge in [0.05, 0.1) is 17.1 Å². The molecule has 0 saturated carbocycles. The fourth-order valence-corrected chi connectivity index (χ4v) is 4.46. The maximum absolute atomic E-state index is 12.9. The highest BCUT2D eigenvalue weighted by Crippen LogP contribution is 2.19. The highest BCUT2D eigenvalue weighted by atomic mass is 16.2. The molecule has 2 aromatic carbocycles. The normalized spacial score (nSPS) is 19.2. The van der Waals surface area contributed by atoms with Crippen LogP contribution in [0, 0.1) is 5.92 Å². The van der Waals surface area contributed by atoms with Crippen LogP contribution in [0.2, 0.25) is 0 Å². The highest BCUT2D eigenvalue weighted by Gasteiger charge is 2.30. The Morgan fingerprint density at radius 3 is 2.44 bits per heavy atom. The quantitative estimate of drug-likeness (QED) is 0.668. The van der Waals surface area contributed by atoms with Gasteiger partial charge in [0.2, 0.25) is 5.91 Å². The van der Waals surface area contributed by atoms with Crippen molar-refractivity contribution in [3.63, 3.8) is 0 Å². The smallest absolute Gasteiger partial charge is 0.253 e. The summed E-state index contributed by atoms with van der Waals surface area (Å²) in [5, 5.41) is 11.7. The van der Waals surface area contributed by atoms with E-state index in [-0.39, 0.29) is 17.7 Å². The number of nitrogens with zero attached hydrogens (tertiary/aromatic N) is 3. The summed E-state index contributed by atoms with van der Waals surface area (Å²) < 4.78 is 0. The monoisotopic (exact) mass is 429 g/mol.